The molecule has 0 aliphatic heterocycles. The number of hydrogen-bond donors (Lipinski definition) is 2. The zero-order chi connectivity index (χ0) is 16.4. The Kier molecular flexibility index (Phi) is 3.64. The molecule has 24 heavy (non-hydrogen) atoms. The Hall–Kier alpha value is -3.26. The lowest BCUT2D eigenvalue weighted by atomic mass is 10.3. The molecule has 3 heterocycles. The molecule has 7 nitrogen and oxygen atoms in total. The molecule has 0 aliphatic carbocycles. The normalized spacial score (nSPS) is 10.7. The second-order valence-electron chi connectivity index (χ2n) is 4.91. The molecule has 1 amide bonds. The Morgan fingerprint density at radius 1 is 1.12 bits per heavy atom. The van der Waals surface area contributed by atoms with E-state index in [1.54, 1.807) is 28.3 Å². The highest BCUT2D eigenvalue weighted by Gasteiger charge is 2.19. The maximum atomic E-state index is 12.4. The van der Waals surface area contributed by atoms with Gasteiger partial charge in [-0.2, -0.15) is 5.10 Å². The first-order valence-electron chi connectivity index (χ1n) is 7.18. The van der Waals surface area contributed by atoms with Gasteiger partial charge in [0.25, 0.3) is 5.91 Å². The molecule has 118 valence electrons. The van der Waals surface area contributed by atoms with Crippen molar-refractivity contribution in [3.05, 3.63) is 65.9 Å². The molecule has 0 aliphatic rings. The van der Waals surface area contributed by atoms with Crippen LogP contribution >= 0.6 is 11.3 Å². The lowest BCUT2D eigenvalue weighted by Crippen LogP contribution is -2.14. The van der Waals surface area contributed by atoms with Crippen LogP contribution in [0, 0.1) is 0 Å². The van der Waals surface area contributed by atoms with Gasteiger partial charge in [0.1, 0.15) is 5.82 Å². The molecular weight excluding hydrogens is 324 g/mol. The van der Waals surface area contributed by atoms with E-state index >= 15 is 0 Å². The van der Waals surface area contributed by atoms with Crippen LogP contribution in [0.1, 0.15) is 10.6 Å². The number of anilines is 1. The summed E-state index contributed by atoms with van der Waals surface area (Å²) in [6.45, 7) is 0. The number of nitrogens with one attached hydrogen (secondary N) is 2. The average Bonchev–Trinajstić information content (AvgIpc) is 3.36. The van der Waals surface area contributed by atoms with Gasteiger partial charge in [-0.3, -0.25) is 9.89 Å². The van der Waals surface area contributed by atoms with E-state index in [2.05, 4.69) is 25.6 Å². The third-order valence-corrected chi connectivity index (χ3v) is 4.17. The van der Waals surface area contributed by atoms with Crippen LogP contribution in [0.2, 0.25) is 0 Å². The third kappa shape index (κ3) is 2.70. The van der Waals surface area contributed by atoms with Gasteiger partial charge in [-0.25, -0.2) is 9.67 Å². The van der Waals surface area contributed by atoms with E-state index in [0.717, 1.165) is 10.6 Å². The average molecular weight is 336 g/mol. The summed E-state index contributed by atoms with van der Waals surface area (Å²) in [5.41, 5.74) is 0.842. The largest absolute Gasteiger partial charge is 0.304 e. The van der Waals surface area contributed by atoms with Crippen molar-refractivity contribution >= 4 is 23.1 Å². The van der Waals surface area contributed by atoms with Gasteiger partial charge in [0.2, 0.25) is 5.82 Å². The number of para-hydroxylation sites is 1. The van der Waals surface area contributed by atoms with Crippen LogP contribution in [-0.4, -0.2) is 30.9 Å². The smallest absolute Gasteiger partial charge is 0.296 e. The quantitative estimate of drug-likeness (QED) is 0.600. The van der Waals surface area contributed by atoms with Crippen LogP contribution in [0.3, 0.4) is 0 Å². The molecule has 0 unspecified atom stereocenters. The number of benzene rings is 1. The summed E-state index contributed by atoms with van der Waals surface area (Å²) >= 11 is 1.54. The molecule has 0 saturated carbocycles. The first-order valence-corrected chi connectivity index (χ1v) is 8.06. The fraction of sp³-hybridized carbons (Fsp3) is 0. The lowest BCUT2D eigenvalue weighted by Gasteiger charge is -2.03. The van der Waals surface area contributed by atoms with Crippen LogP contribution < -0.4 is 5.32 Å². The van der Waals surface area contributed by atoms with E-state index < -0.39 is 5.91 Å². The second-order valence-corrected chi connectivity index (χ2v) is 5.86. The number of aromatic nitrogens is 5. The van der Waals surface area contributed by atoms with E-state index in [9.17, 15) is 4.79 Å². The van der Waals surface area contributed by atoms with E-state index in [4.69, 9.17) is 0 Å². The Morgan fingerprint density at radius 2 is 2.00 bits per heavy atom. The molecule has 3 aromatic heterocycles. The van der Waals surface area contributed by atoms with Crippen LogP contribution in [-0.2, 0) is 0 Å². The molecule has 4 aromatic rings. The molecule has 1 aromatic carbocycles. The topological polar surface area (TPSA) is 88.5 Å². The summed E-state index contributed by atoms with van der Waals surface area (Å²) < 4.78 is 1.67. The van der Waals surface area contributed by atoms with Gasteiger partial charge in [-0.15, -0.1) is 16.4 Å². The maximum absolute atomic E-state index is 12.4. The van der Waals surface area contributed by atoms with E-state index in [1.807, 2.05) is 47.8 Å². The monoisotopic (exact) mass is 336 g/mol. The molecule has 0 bridgehead atoms. The van der Waals surface area contributed by atoms with Gasteiger partial charge in [-0.05, 0) is 23.6 Å². The number of rotatable bonds is 4. The van der Waals surface area contributed by atoms with Crippen molar-refractivity contribution < 1.29 is 4.79 Å². The van der Waals surface area contributed by atoms with Gasteiger partial charge in [0, 0.05) is 6.07 Å². The summed E-state index contributed by atoms with van der Waals surface area (Å²) in [6, 6.07) is 15.1. The highest BCUT2D eigenvalue weighted by Crippen LogP contribution is 2.25. The predicted molar refractivity (Wildman–Crippen MR) is 91.2 cm³/mol. The van der Waals surface area contributed by atoms with Gasteiger partial charge >= 0.3 is 0 Å². The summed E-state index contributed by atoms with van der Waals surface area (Å²) in [6.07, 6.45) is 1.56. The van der Waals surface area contributed by atoms with Gasteiger partial charge in [0.15, 0.2) is 5.82 Å². The molecule has 0 saturated heterocycles. The standard InChI is InChI=1S/C16H12N6OS/c23-16(18-13-8-9-17-20-13)14-19-15(12-7-4-10-24-12)22(21-14)11-5-2-1-3-6-11/h1-10H,(H2,17,18,20,23). The van der Waals surface area contributed by atoms with Crippen LogP contribution in [0.15, 0.2) is 60.1 Å². The first-order chi connectivity index (χ1) is 11.8. The Labute approximate surface area is 141 Å². The van der Waals surface area contributed by atoms with E-state index in [-0.39, 0.29) is 5.82 Å². The molecule has 4 rings (SSSR count). The molecule has 0 spiro atoms. The zero-order valence-electron chi connectivity index (χ0n) is 12.4. The van der Waals surface area contributed by atoms with Gasteiger partial charge < -0.3 is 5.32 Å². The lowest BCUT2D eigenvalue weighted by molar-refractivity contribution is 0.101. The van der Waals surface area contributed by atoms with Gasteiger partial charge in [0.05, 0.1) is 16.8 Å². The number of carbonyl (C=O) groups is 1. The third-order valence-electron chi connectivity index (χ3n) is 3.30. The Bertz CT molecular complexity index is 944. The fourth-order valence-electron chi connectivity index (χ4n) is 2.23. The van der Waals surface area contributed by atoms with E-state index in [0.29, 0.717) is 11.6 Å². The van der Waals surface area contributed by atoms with Crippen molar-refractivity contribution in [1.29, 1.82) is 0 Å². The van der Waals surface area contributed by atoms with Crippen molar-refractivity contribution in [2.24, 2.45) is 0 Å². The van der Waals surface area contributed by atoms with Crippen molar-refractivity contribution in [2.45, 2.75) is 0 Å². The molecule has 0 fully saturated rings. The predicted octanol–water partition coefficient (Wildman–Crippen LogP) is 2.97. The number of H-pyrrole nitrogens is 1. The molecule has 0 atom stereocenters. The number of nitrogens with zero attached hydrogens (tertiary/aromatic N) is 4. The number of hydrogen-bond acceptors (Lipinski definition) is 5. The van der Waals surface area contributed by atoms with Crippen LogP contribution in [0.25, 0.3) is 16.4 Å². The van der Waals surface area contributed by atoms with E-state index in [1.165, 1.54) is 0 Å². The maximum Gasteiger partial charge on any atom is 0.296 e. The van der Waals surface area contributed by atoms with Crippen molar-refractivity contribution in [1.82, 2.24) is 25.0 Å². The minimum absolute atomic E-state index is 0.0943. The fourth-order valence-corrected chi connectivity index (χ4v) is 2.92. The number of amides is 1. The Balaban J connectivity index is 1.75. The Morgan fingerprint density at radius 3 is 2.71 bits per heavy atom. The zero-order valence-corrected chi connectivity index (χ0v) is 13.2. The SMILES string of the molecule is O=C(Nc1ccn[nH]1)c1nc(-c2cccs2)n(-c2ccccc2)n1. The van der Waals surface area contributed by atoms with Crippen molar-refractivity contribution in [2.75, 3.05) is 5.32 Å². The van der Waals surface area contributed by atoms with Crippen molar-refractivity contribution in [3.8, 4) is 16.4 Å². The molecule has 8 heteroatoms. The summed E-state index contributed by atoms with van der Waals surface area (Å²) in [5.74, 6) is 0.822. The number of carbonyl (C=O) groups excluding carboxylic acids is 1. The highest BCUT2D eigenvalue weighted by atomic mass is 32.1. The molecule has 2 N–H and O–H groups in total. The summed E-state index contributed by atoms with van der Waals surface area (Å²) in [5, 5.41) is 15.5. The molecular formula is C16H12N6OS. The number of thiophene rings is 1. The highest BCUT2D eigenvalue weighted by molar-refractivity contribution is 7.13. The summed E-state index contributed by atoms with van der Waals surface area (Å²) in [7, 11) is 0. The van der Waals surface area contributed by atoms with Crippen LogP contribution in [0.4, 0.5) is 5.82 Å². The first kappa shape index (κ1) is 14.3. The second kappa shape index (κ2) is 6.09. The van der Waals surface area contributed by atoms with Gasteiger partial charge in [-0.1, -0.05) is 24.3 Å². The van der Waals surface area contributed by atoms with Crippen LogP contribution in [0.5, 0.6) is 0 Å². The minimum atomic E-state index is -0.397. The number of aromatic amines is 1. The minimum Gasteiger partial charge on any atom is -0.304 e. The van der Waals surface area contributed by atoms with Crippen molar-refractivity contribution in [3.63, 3.8) is 0 Å². The molecule has 0 radical (unpaired) electrons. The summed E-state index contributed by atoms with van der Waals surface area (Å²) in [4.78, 5) is 17.7.